The van der Waals surface area contributed by atoms with Gasteiger partial charge < -0.3 is 20.1 Å². The Morgan fingerprint density at radius 3 is 2.81 bits per heavy atom. The van der Waals surface area contributed by atoms with E-state index in [2.05, 4.69) is 6.92 Å². The number of pyridine rings is 2. The molecule has 3 N–H and O–H groups in total. The van der Waals surface area contributed by atoms with Crippen molar-refractivity contribution in [2.45, 2.75) is 32.6 Å². The van der Waals surface area contributed by atoms with Crippen molar-refractivity contribution in [3.63, 3.8) is 0 Å². The monoisotopic (exact) mass is 413 g/mol. The molecule has 0 saturated carbocycles. The average molecular weight is 413 g/mol. The van der Waals surface area contributed by atoms with Crippen molar-refractivity contribution >= 4 is 33.3 Å². The first kappa shape index (κ1) is 18.1. The Balaban J connectivity index is 1.69. The van der Waals surface area contributed by atoms with Gasteiger partial charge in [-0.3, -0.25) is 4.79 Å². The first-order chi connectivity index (χ1) is 15.0. The number of benzene rings is 2. The Bertz CT molecular complexity index is 1520. The SMILES string of the molecule is CCc1c2c(nc3ccc4ccc(N)cc4c13)-c1cc3c(c(=O)n1C2)COC(=O)C3O. The average Bonchev–Trinajstić information content (AvgIpc) is 3.13. The van der Waals surface area contributed by atoms with Crippen LogP contribution in [-0.2, 0) is 29.1 Å². The molecule has 7 heteroatoms. The molecule has 1 unspecified atom stereocenters. The number of nitrogens with zero attached hydrogens (tertiary/aromatic N) is 2. The summed E-state index contributed by atoms with van der Waals surface area (Å²) in [6, 6.07) is 11.6. The molecule has 2 aromatic heterocycles. The van der Waals surface area contributed by atoms with Crippen LogP contribution >= 0.6 is 0 Å². The minimum absolute atomic E-state index is 0.124. The summed E-state index contributed by atoms with van der Waals surface area (Å²) in [6.07, 6.45) is -0.688. The van der Waals surface area contributed by atoms with E-state index >= 15 is 0 Å². The van der Waals surface area contributed by atoms with Gasteiger partial charge in [0, 0.05) is 22.2 Å². The number of esters is 1. The number of nitrogens with two attached hydrogens (primary N) is 1. The standard InChI is InChI=1S/C24H19N3O4/c1-2-13-16-9-27-19(8-15-17(23(27)29)10-31-24(30)22(15)28)21(16)26-18-6-4-11-3-5-12(25)7-14(11)20(13)18/h3-8,22,28H,2,9-10,25H2,1H3. The Hall–Kier alpha value is -3.71. The summed E-state index contributed by atoms with van der Waals surface area (Å²) < 4.78 is 6.64. The van der Waals surface area contributed by atoms with Crippen molar-refractivity contribution in [1.29, 1.82) is 0 Å². The molecule has 0 radical (unpaired) electrons. The van der Waals surface area contributed by atoms with E-state index in [1.807, 2.05) is 30.3 Å². The van der Waals surface area contributed by atoms with Crippen molar-refractivity contribution in [1.82, 2.24) is 9.55 Å². The molecule has 1 atom stereocenters. The zero-order chi connectivity index (χ0) is 21.4. The maximum atomic E-state index is 13.2. The molecule has 31 heavy (non-hydrogen) atoms. The number of aliphatic hydroxyl groups excluding tert-OH is 1. The summed E-state index contributed by atoms with van der Waals surface area (Å²) in [5.41, 5.74) is 11.4. The van der Waals surface area contributed by atoms with Gasteiger partial charge in [-0.25, -0.2) is 9.78 Å². The lowest BCUT2D eigenvalue weighted by molar-refractivity contribution is -0.157. The third-order valence-corrected chi connectivity index (χ3v) is 6.43. The van der Waals surface area contributed by atoms with Gasteiger partial charge in [0.1, 0.15) is 6.61 Å². The molecule has 0 aliphatic carbocycles. The summed E-state index contributed by atoms with van der Waals surface area (Å²) in [5, 5.41) is 13.5. The van der Waals surface area contributed by atoms with Gasteiger partial charge >= 0.3 is 5.97 Å². The number of carbonyl (C=O) groups excluding carboxylic acids is 1. The van der Waals surface area contributed by atoms with E-state index in [9.17, 15) is 14.7 Å². The van der Waals surface area contributed by atoms with E-state index in [1.165, 1.54) is 0 Å². The zero-order valence-electron chi connectivity index (χ0n) is 16.8. The number of aromatic nitrogens is 2. The minimum Gasteiger partial charge on any atom is -0.458 e. The molecular formula is C24H19N3O4. The van der Waals surface area contributed by atoms with E-state index in [-0.39, 0.29) is 12.2 Å². The molecule has 0 fully saturated rings. The topological polar surface area (TPSA) is 107 Å². The maximum Gasteiger partial charge on any atom is 0.340 e. The third kappa shape index (κ3) is 2.35. The number of anilines is 1. The van der Waals surface area contributed by atoms with Crippen LogP contribution in [-0.4, -0.2) is 20.6 Å². The lowest BCUT2D eigenvalue weighted by Gasteiger charge is -2.21. The van der Waals surface area contributed by atoms with Crippen LogP contribution in [0.1, 0.15) is 35.3 Å². The first-order valence-electron chi connectivity index (χ1n) is 10.2. The Morgan fingerprint density at radius 1 is 1.19 bits per heavy atom. The van der Waals surface area contributed by atoms with Crippen molar-refractivity contribution < 1.29 is 14.6 Å². The molecule has 7 nitrogen and oxygen atoms in total. The Labute approximate surface area is 176 Å². The molecular weight excluding hydrogens is 394 g/mol. The summed E-state index contributed by atoms with van der Waals surface area (Å²) in [6.45, 7) is 2.36. The second-order valence-corrected chi connectivity index (χ2v) is 8.08. The number of carbonyl (C=O) groups is 1. The van der Waals surface area contributed by atoms with E-state index < -0.39 is 12.1 Å². The molecule has 0 bridgehead atoms. The highest BCUT2D eigenvalue weighted by Gasteiger charge is 2.34. The fourth-order valence-corrected chi connectivity index (χ4v) is 4.95. The fourth-order valence-electron chi connectivity index (χ4n) is 4.95. The van der Waals surface area contributed by atoms with Crippen LogP contribution in [0.25, 0.3) is 33.1 Å². The van der Waals surface area contributed by atoms with E-state index in [0.29, 0.717) is 29.1 Å². The van der Waals surface area contributed by atoms with Crippen molar-refractivity contribution in [3.8, 4) is 11.4 Å². The van der Waals surface area contributed by atoms with Crippen LogP contribution in [0.5, 0.6) is 0 Å². The van der Waals surface area contributed by atoms with Gasteiger partial charge in [0.25, 0.3) is 5.56 Å². The smallest absolute Gasteiger partial charge is 0.340 e. The van der Waals surface area contributed by atoms with E-state index in [0.717, 1.165) is 44.9 Å². The number of aryl methyl sites for hydroxylation is 1. The van der Waals surface area contributed by atoms with Crippen LogP contribution in [0.2, 0.25) is 0 Å². The van der Waals surface area contributed by atoms with Crippen LogP contribution in [0.15, 0.2) is 41.2 Å². The van der Waals surface area contributed by atoms with Crippen molar-refractivity contribution in [3.05, 3.63) is 69.0 Å². The predicted octanol–water partition coefficient (Wildman–Crippen LogP) is 2.81. The summed E-state index contributed by atoms with van der Waals surface area (Å²) in [7, 11) is 0. The number of aliphatic hydroxyl groups is 1. The molecule has 4 aromatic rings. The molecule has 2 aliphatic rings. The molecule has 2 aliphatic heterocycles. The van der Waals surface area contributed by atoms with Gasteiger partial charge in [0.05, 0.1) is 29.0 Å². The van der Waals surface area contributed by atoms with Gasteiger partial charge in [-0.05, 0) is 47.0 Å². The molecule has 6 rings (SSSR count). The highest BCUT2D eigenvalue weighted by molar-refractivity contribution is 6.10. The second kappa shape index (κ2) is 6.15. The van der Waals surface area contributed by atoms with Gasteiger partial charge in [0.2, 0.25) is 0 Å². The number of cyclic esters (lactones) is 1. The normalized spacial score (nSPS) is 16.8. The number of fused-ring (bicyclic) bond motifs is 7. The lowest BCUT2D eigenvalue weighted by Crippen LogP contribution is -2.32. The molecule has 154 valence electrons. The Kier molecular flexibility index (Phi) is 3.59. The largest absolute Gasteiger partial charge is 0.458 e. The number of ether oxygens (including phenoxy) is 1. The summed E-state index contributed by atoms with van der Waals surface area (Å²) >= 11 is 0. The quantitative estimate of drug-likeness (QED) is 0.249. The minimum atomic E-state index is -1.45. The van der Waals surface area contributed by atoms with Crippen LogP contribution < -0.4 is 11.3 Å². The van der Waals surface area contributed by atoms with Gasteiger partial charge in [-0.1, -0.05) is 19.1 Å². The lowest BCUT2D eigenvalue weighted by atomic mass is 9.94. The summed E-state index contributed by atoms with van der Waals surface area (Å²) in [5.74, 6) is -0.736. The van der Waals surface area contributed by atoms with Gasteiger partial charge in [-0.2, -0.15) is 0 Å². The van der Waals surface area contributed by atoms with Gasteiger partial charge in [-0.15, -0.1) is 0 Å². The van der Waals surface area contributed by atoms with Crippen LogP contribution in [0.4, 0.5) is 5.69 Å². The van der Waals surface area contributed by atoms with Crippen LogP contribution in [0, 0.1) is 0 Å². The number of rotatable bonds is 1. The number of hydrogen-bond acceptors (Lipinski definition) is 6. The number of hydrogen-bond donors (Lipinski definition) is 2. The fraction of sp³-hybridized carbons (Fsp3) is 0.208. The zero-order valence-corrected chi connectivity index (χ0v) is 16.8. The number of nitrogen functional groups attached to an aromatic ring is 1. The molecule has 0 saturated heterocycles. The predicted molar refractivity (Wildman–Crippen MR) is 117 cm³/mol. The highest BCUT2D eigenvalue weighted by Crippen LogP contribution is 2.40. The molecule has 0 amide bonds. The first-order valence-corrected chi connectivity index (χ1v) is 10.2. The van der Waals surface area contributed by atoms with Crippen molar-refractivity contribution in [2.75, 3.05) is 5.73 Å². The third-order valence-electron chi connectivity index (χ3n) is 6.43. The highest BCUT2D eigenvalue weighted by atomic mass is 16.5. The Morgan fingerprint density at radius 2 is 2.00 bits per heavy atom. The molecule has 4 heterocycles. The second-order valence-electron chi connectivity index (χ2n) is 8.08. The van der Waals surface area contributed by atoms with E-state index in [4.69, 9.17) is 15.5 Å². The van der Waals surface area contributed by atoms with E-state index in [1.54, 1.807) is 10.6 Å². The molecule has 2 aromatic carbocycles. The van der Waals surface area contributed by atoms with Crippen LogP contribution in [0.3, 0.4) is 0 Å². The van der Waals surface area contributed by atoms with Gasteiger partial charge in [0.15, 0.2) is 6.10 Å². The van der Waals surface area contributed by atoms with Crippen molar-refractivity contribution in [2.24, 2.45) is 0 Å². The summed E-state index contributed by atoms with van der Waals surface area (Å²) in [4.78, 5) is 29.9. The molecule has 0 spiro atoms. The maximum absolute atomic E-state index is 13.2.